The van der Waals surface area contributed by atoms with Gasteiger partial charge in [-0.05, 0) is 42.2 Å². The molecule has 0 spiro atoms. The van der Waals surface area contributed by atoms with Gasteiger partial charge in [0.25, 0.3) is 0 Å². The first kappa shape index (κ1) is 29.1. The molecule has 7 heteroatoms. The largest absolute Gasteiger partial charge is 0.354 e. The minimum absolute atomic E-state index is 0.0804. The Morgan fingerprint density at radius 1 is 0.973 bits per heavy atom. The zero-order valence-corrected chi connectivity index (χ0v) is 23.7. The highest BCUT2D eigenvalue weighted by Gasteiger charge is 2.30. The second-order valence-corrected chi connectivity index (χ2v) is 10.9. The quantitative estimate of drug-likeness (QED) is 0.228. The molecule has 3 aromatic carbocycles. The maximum atomic E-state index is 13.7. The molecule has 0 aliphatic heterocycles. The SMILES string of the molecule is CCCCNC(=O)[C@@H](Cc1ccccc1)N(Cc1cccc(C)c1)C(=O)CSCc1ccc(Cl)cc1Cl. The van der Waals surface area contributed by atoms with Gasteiger partial charge in [0.15, 0.2) is 0 Å². The summed E-state index contributed by atoms with van der Waals surface area (Å²) < 4.78 is 0. The van der Waals surface area contributed by atoms with Crippen molar-refractivity contribution in [3.63, 3.8) is 0 Å². The highest BCUT2D eigenvalue weighted by Crippen LogP contribution is 2.25. The summed E-state index contributed by atoms with van der Waals surface area (Å²) in [7, 11) is 0. The van der Waals surface area contributed by atoms with Gasteiger partial charge in [-0.15, -0.1) is 11.8 Å². The van der Waals surface area contributed by atoms with Crippen LogP contribution >= 0.6 is 35.0 Å². The van der Waals surface area contributed by atoms with Crippen LogP contribution in [0.1, 0.15) is 42.0 Å². The topological polar surface area (TPSA) is 49.4 Å². The summed E-state index contributed by atoms with van der Waals surface area (Å²) >= 11 is 13.8. The minimum Gasteiger partial charge on any atom is -0.354 e. The van der Waals surface area contributed by atoms with Crippen molar-refractivity contribution in [2.75, 3.05) is 12.3 Å². The first-order valence-corrected chi connectivity index (χ1v) is 14.5. The van der Waals surface area contributed by atoms with Gasteiger partial charge in [-0.3, -0.25) is 9.59 Å². The van der Waals surface area contributed by atoms with Gasteiger partial charge in [0.05, 0.1) is 5.75 Å². The lowest BCUT2D eigenvalue weighted by atomic mass is 10.0. The van der Waals surface area contributed by atoms with Crippen LogP contribution < -0.4 is 5.32 Å². The van der Waals surface area contributed by atoms with E-state index in [4.69, 9.17) is 23.2 Å². The molecule has 0 radical (unpaired) electrons. The molecular weight excluding hydrogens is 523 g/mol. The number of nitrogens with zero attached hydrogens (tertiary/aromatic N) is 1. The lowest BCUT2D eigenvalue weighted by molar-refractivity contribution is -0.139. The first-order chi connectivity index (χ1) is 17.9. The van der Waals surface area contributed by atoms with E-state index in [1.165, 1.54) is 11.8 Å². The van der Waals surface area contributed by atoms with Crippen molar-refractivity contribution < 1.29 is 9.59 Å². The number of carbonyl (C=O) groups excluding carboxylic acids is 2. The molecule has 0 saturated carbocycles. The molecule has 1 N–H and O–H groups in total. The predicted octanol–water partition coefficient (Wildman–Crippen LogP) is 7.09. The number of benzene rings is 3. The Morgan fingerprint density at radius 3 is 2.43 bits per heavy atom. The minimum atomic E-state index is -0.619. The van der Waals surface area contributed by atoms with Crippen molar-refractivity contribution in [3.8, 4) is 0 Å². The molecule has 2 amide bonds. The fourth-order valence-electron chi connectivity index (χ4n) is 4.04. The molecule has 0 fully saturated rings. The zero-order valence-electron chi connectivity index (χ0n) is 21.4. The molecule has 0 aliphatic carbocycles. The maximum absolute atomic E-state index is 13.7. The fraction of sp³-hybridized carbons (Fsp3) is 0.333. The Kier molecular flexibility index (Phi) is 11.8. The number of unbranched alkanes of at least 4 members (excludes halogenated alkanes) is 1. The number of aryl methyl sites for hydroxylation is 1. The number of hydrogen-bond acceptors (Lipinski definition) is 3. The lowest BCUT2D eigenvalue weighted by Gasteiger charge is -2.31. The number of thioether (sulfide) groups is 1. The second-order valence-electron chi connectivity index (χ2n) is 9.09. The van der Waals surface area contributed by atoms with Gasteiger partial charge in [0, 0.05) is 35.3 Å². The zero-order chi connectivity index (χ0) is 26.6. The Morgan fingerprint density at radius 2 is 1.73 bits per heavy atom. The van der Waals surface area contributed by atoms with Crippen LogP contribution in [0.5, 0.6) is 0 Å². The van der Waals surface area contributed by atoms with Crippen LogP contribution in [0.25, 0.3) is 0 Å². The second kappa shape index (κ2) is 15.1. The molecule has 1 atom stereocenters. The normalized spacial score (nSPS) is 11.7. The smallest absolute Gasteiger partial charge is 0.243 e. The fourth-order valence-corrected chi connectivity index (χ4v) is 5.51. The van der Waals surface area contributed by atoms with Gasteiger partial charge in [0.2, 0.25) is 11.8 Å². The van der Waals surface area contributed by atoms with Gasteiger partial charge < -0.3 is 10.2 Å². The molecule has 0 bridgehead atoms. The summed E-state index contributed by atoms with van der Waals surface area (Å²) in [6, 6.07) is 22.7. The van der Waals surface area contributed by atoms with Crippen LogP contribution in [-0.4, -0.2) is 35.1 Å². The van der Waals surface area contributed by atoms with Gasteiger partial charge in [-0.25, -0.2) is 0 Å². The Labute approximate surface area is 234 Å². The molecule has 0 unspecified atom stereocenters. The van der Waals surface area contributed by atoms with Crippen LogP contribution in [0.2, 0.25) is 10.0 Å². The van der Waals surface area contributed by atoms with Gasteiger partial charge >= 0.3 is 0 Å². The number of nitrogens with one attached hydrogen (secondary N) is 1. The maximum Gasteiger partial charge on any atom is 0.243 e. The van der Waals surface area contributed by atoms with Crippen molar-refractivity contribution in [2.24, 2.45) is 0 Å². The molecule has 0 aromatic heterocycles. The highest BCUT2D eigenvalue weighted by molar-refractivity contribution is 7.99. The summed E-state index contributed by atoms with van der Waals surface area (Å²) in [6.07, 6.45) is 2.33. The average molecular weight is 558 g/mol. The Bertz CT molecular complexity index is 1170. The van der Waals surface area contributed by atoms with E-state index in [0.29, 0.717) is 35.3 Å². The number of halogens is 2. The number of amides is 2. The monoisotopic (exact) mass is 556 g/mol. The van der Waals surface area contributed by atoms with Gasteiger partial charge in [-0.2, -0.15) is 0 Å². The van der Waals surface area contributed by atoms with Crippen molar-refractivity contribution >= 4 is 46.8 Å². The first-order valence-electron chi connectivity index (χ1n) is 12.6. The average Bonchev–Trinajstić information content (AvgIpc) is 2.88. The van der Waals surface area contributed by atoms with Crippen LogP contribution in [-0.2, 0) is 28.3 Å². The molecule has 4 nitrogen and oxygen atoms in total. The van der Waals surface area contributed by atoms with E-state index >= 15 is 0 Å². The van der Waals surface area contributed by atoms with Crippen LogP contribution in [0.4, 0.5) is 0 Å². The van der Waals surface area contributed by atoms with Gasteiger partial charge in [0.1, 0.15) is 6.04 Å². The summed E-state index contributed by atoms with van der Waals surface area (Å²) in [5, 5.41) is 4.23. The molecule has 37 heavy (non-hydrogen) atoms. The van der Waals surface area contributed by atoms with E-state index in [2.05, 4.69) is 18.3 Å². The molecule has 3 aromatic rings. The highest BCUT2D eigenvalue weighted by atomic mass is 35.5. The van der Waals surface area contributed by atoms with Crippen LogP contribution in [0.3, 0.4) is 0 Å². The van der Waals surface area contributed by atoms with Crippen LogP contribution in [0.15, 0.2) is 72.8 Å². The Hall–Kier alpha value is -2.47. The third-order valence-electron chi connectivity index (χ3n) is 6.03. The molecule has 3 rings (SSSR count). The molecular formula is C30H34Cl2N2O2S. The van der Waals surface area contributed by atoms with E-state index in [0.717, 1.165) is 35.1 Å². The molecule has 196 valence electrons. The van der Waals surface area contributed by atoms with Crippen molar-refractivity contribution in [1.29, 1.82) is 0 Å². The Balaban J connectivity index is 1.83. The molecule has 0 aliphatic rings. The van der Waals surface area contributed by atoms with Crippen molar-refractivity contribution in [3.05, 3.63) is 105 Å². The predicted molar refractivity (Wildman–Crippen MR) is 156 cm³/mol. The summed E-state index contributed by atoms with van der Waals surface area (Å²) in [5.41, 5.74) is 4.05. The number of hydrogen-bond donors (Lipinski definition) is 1. The molecule has 0 heterocycles. The molecule has 0 saturated heterocycles. The third kappa shape index (κ3) is 9.41. The summed E-state index contributed by atoms with van der Waals surface area (Å²) in [5.74, 6) is 0.608. The summed E-state index contributed by atoms with van der Waals surface area (Å²) in [4.78, 5) is 28.9. The lowest BCUT2D eigenvalue weighted by Crippen LogP contribution is -2.51. The van der Waals surface area contributed by atoms with E-state index in [9.17, 15) is 9.59 Å². The standard InChI is InChI=1S/C30H34Cl2N2O2S/c1-3-4-15-33-30(36)28(17-23-10-6-5-7-11-23)34(19-24-12-8-9-22(2)16-24)29(35)21-37-20-25-13-14-26(31)18-27(25)32/h5-14,16,18,28H,3-4,15,17,19-21H2,1-2H3,(H,33,36)/t28-/m1/s1. The van der Waals surface area contributed by atoms with E-state index < -0.39 is 6.04 Å². The van der Waals surface area contributed by atoms with Crippen LogP contribution in [0, 0.1) is 6.92 Å². The third-order valence-corrected chi connectivity index (χ3v) is 7.59. The van der Waals surface area contributed by atoms with E-state index in [-0.39, 0.29) is 17.6 Å². The van der Waals surface area contributed by atoms with Gasteiger partial charge in [-0.1, -0.05) is 103 Å². The van der Waals surface area contributed by atoms with Crippen molar-refractivity contribution in [1.82, 2.24) is 10.2 Å². The van der Waals surface area contributed by atoms with E-state index in [1.807, 2.05) is 61.5 Å². The summed E-state index contributed by atoms with van der Waals surface area (Å²) in [6.45, 7) is 5.07. The van der Waals surface area contributed by atoms with Crippen molar-refractivity contribution in [2.45, 2.75) is 51.4 Å². The number of carbonyl (C=O) groups is 2. The number of rotatable bonds is 13. The van der Waals surface area contributed by atoms with E-state index in [1.54, 1.807) is 17.0 Å².